The van der Waals surface area contributed by atoms with Gasteiger partial charge >= 0.3 is 6.18 Å². The number of rotatable bonds is 4. The number of hydrogen-bond donors (Lipinski definition) is 1. The third-order valence-electron chi connectivity index (χ3n) is 4.40. The topological polar surface area (TPSA) is 106 Å². The lowest BCUT2D eigenvalue weighted by Crippen LogP contribution is -2.23. The van der Waals surface area contributed by atoms with Crippen molar-refractivity contribution in [2.75, 3.05) is 5.32 Å². The normalized spacial score (nSPS) is 23.7. The van der Waals surface area contributed by atoms with Gasteiger partial charge in [0.1, 0.15) is 22.9 Å². The molecule has 13 heteroatoms. The maximum absolute atomic E-state index is 14.2. The molecule has 1 N–H and O–H groups in total. The lowest BCUT2D eigenvalue weighted by Gasteiger charge is -2.13. The first-order valence-corrected chi connectivity index (χ1v) is 10.1. The lowest BCUT2D eigenvalue weighted by molar-refractivity contribution is -0.146. The Morgan fingerprint density at radius 2 is 2.03 bits per heavy atom. The molecule has 158 valence electrons. The molecule has 1 fully saturated rings. The van der Waals surface area contributed by atoms with Gasteiger partial charge in [0.05, 0.1) is 5.69 Å². The number of benzene rings is 1. The van der Waals surface area contributed by atoms with Crippen LogP contribution in [0.25, 0.3) is 11.0 Å². The molecule has 2 aliphatic rings. The third-order valence-corrected chi connectivity index (χ3v) is 5.99. The molecule has 4 rings (SSSR count). The molecule has 0 saturated carbocycles. The van der Waals surface area contributed by atoms with Crippen molar-refractivity contribution >= 4 is 31.5 Å². The first-order valence-electron chi connectivity index (χ1n) is 8.40. The average Bonchev–Trinajstić information content (AvgIpc) is 3.15. The molecule has 1 aromatic carbocycles. The molecule has 1 saturated heterocycles. The highest BCUT2D eigenvalue weighted by Gasteiger charge is 2.58. The molecule has 2 aliphatic heterocycles. The van der Waals surface area contributed by atoms with Crippen molar-refractivity contribution in [1.82, 2.24) is 5.16 Å². The van der Waals surface area contributed by atoms with E-state index in [4.69, 9.17) is 9.36 Å². The minimum atomic E-state index is -4.58. The molecule has 3 heterocycles. The summed E-state index contributed by atoms with van der Waals surface area (Å²) in [6.45, 7) is 3.36. The van der Waals surface area contributed by atoms with Crippen LogP contribution in [0.3, 0.4) is 0 Å². The predicted molar refractivity (Wildman–Crippen MR) is 92.1 cm³/mol. The van der Waals surface area contributed by atoms with Crippen molar-refractivity contribution in [3.05, 3.63) is 23.6 Å². The number of halogens is 4. The Balaban J connectivity index is 1.59. The van der Waals surface area contributed by atoms with Crippen molar-refractivity contribution in [1.29, 1.82) is 0 Å². The second-order valence-corrected chi connectivity index (χ2v) is 9.38. The van der Waals surface area contributed by atoms with E-state index in [2.05, 4.69) is 20.4 Å². The van der Waals surface area contributed by atoms with Crippen LogP contribution < -0.4 is 5.32 Å². The minimum Gasteiger partial charge on any atom is -0.389 e. The molecule has 1 aromatic heterocycles. The fraction of sp³-hybridized carbons (Fsp3) is 0.500. The van der Waals surface area contributed by atoms with Crippen LogP contribution in [0.5, 0.6) is 0 Å². The zero-order valence-corrected chi connectivity index (χ0v) is 15.9. The summed E-state index contributed by atoms with van der Waals surface area (Å²) in [7, 11) is -3.89. The van der Waals surface area contributed by atoms with Crippen molar-refractivity contribution in [3.63, 3.8) is 0 Å². The zero-order chi connectivity index (χ0) is 21.2. The average molecular weight is 437 g/mol. The molecule has 2 aromatic rings. The van der Waals surface area contributed by atoms with E-state index in [-0.39, 0.29) is 33.8 Å². The number of anilines is 1. The van der Waals surface area contributed by atoms with Gasteiger partial charge in [0.2, 0.25) is 9.84 Å². The van der Waals surface area contributed by atoms with Gasteiger partial charge in [0.25, 0.3) is 0 Å². The summed E-state index contributed by atoms with van der Waals surface area (Å²) in [5, 5.41) is 9.55. The van der Waals surface area contributed by atoms with Crippen molar-refractivity contribution < 1.29 is 40.1 Å². The summed E-state index contributed by atoms with van der Waals surface area (Å²) < 4.78 is 86.5. The van der Waals surface area contributed by atoms with Gasteiger partial charge in [-0.2, -0.15) is 13.2 Å². The van der Waals surface area contributed by atoms with E-state index in [0.717, 1.165) is 12.1 Å². The van der Waals surface area contributed by atoms with E-state index >= 15 is 0 Å². The van der Waals surface area contributed by atoms with Crippen LogP contribution >= 0.6 is 0 Å². The van der Waals surface area contributed by atoms with Gasteiger partial charge in [-0.15, -0.1) is 0 Å². The summed E-state index contributed by atoms with van der Waals surface area (Å²) in [6.07, 6.45) is -7.97. The van der Waals surface area contributed by atoms with E-state index in [1.807, 2.05) is 0 Å². The first-order chi connectivity index (χ1) is 13.4. The van der Waals surface area contributed by atoms with Gasteiger partial charge in [-0.3, -0.25) is 0 Å². The van der Waals surface area contributed by atoms with Gasteiger partial charge in [-0.05, 0) is 19.9 Å². The number of ether oxygens (including phenoxy) is 1. The van der Waals surface area contributed by atoms with Crippen molar-refractivity contribution in [3.8, 4) is 0 Å². The first kappa shape index (κ1) is 19.9. The van der Waals surface area contributed by atoms with Crippen LogP contribution in [0, 0.1) is 5.82 Å². The standard InChI is InChI=1S/C16H15F4N3O5S/c1-15(2)5-12(23-28-15)29(24,25)6-10-7-3-9(8(17)4-11(7)27-22-10)21-14-13(26-14)16(18,19)20/h3-4,13-14,21H,5-6H2,1-2H3. The molecule has 0 bridgehead atoms. The van der Waals surface area contributed by atoms with Crippen molar-refractivity contribution in [2.24, 2.45) is 5.16 Å². The van der Waals surface area contributed by atoms with Crippen LogP contribution in [0.2, 0.25) is 0 Å². The second kappa shape index (κ2) is 6.29. The van der Waals surface area contributed by atoms with Crippen LogP contribution in [-0.2, 0) is 25.2 Å². The molecular weight excluding hydrogens is 422 g/mol. The number of epoxide rings is 1. The number of sulfone groups is 1. The largest absolute Gasteiger partial charge is 0.419 e. The van der Waals surface area contributed by atoms with E-state index in [1.165, 1.54) is 0 Å². The van der Waals surface area contributed by atoms with Crippen LogP contribution in [0.1, 0.15) is 26.0 Å². The smallest absolute Gasteiger partial charge is 0.389 e. The molecule has 0 amide bonds. The van der Waals surface area contributed by atoms with E-state index < -0.39 is 45.5 Å². The van der Waals surface area contributed by atoms with Gasteiger partial charge in [-0.1, -0.05) is 10.3 Å². The second-order valence-electron chi connectivity index (χ2n) is 7.39. The van der Waals surface area contributed by atoms with Crippen LogP contribution in [0.4, 0.5) is 23.2 Å². The molecule has 2 unspecified atom stereocenters. The molecular formula is C16H15F4N3O5S. The van der Waals surface area contributed by atoms with Crippen LogP contribution in [0.15, 0.2) is 21.8 Å². The van der Waals surface area contributed by atoms with Gasteiger partial charge in [0, 0.05) is 17.9 Å². The summed E-state index contributed by atoms with van der Waals surface area (Å²) in [4.78, 5) is 5.07. The summed E-state index contributed by atoms with van der Waals surface area (Å²) in [5.41, 5.74) is -1.13. The summed E-state index contributed by atoms with van der Waals surface area (Å²) >= 11 is 0. The maximum atomic E-state index is 14.2. The molecule has 0 radical (unpaired) electrons. The predicted octanol–water partition coefficient (Wildman–Crippen LogP) is 3.09. The Bertz CT molecular complexity index is 1110. The highest BCUT2D eigenvalue weighted by molar-refractivity contribution is 8.05. The number of aromatic nitrogens is 1. The zero-order valence-electron chi connectivity index (χ0n) is 15.1. The van der Waals surface area contributed by atoms with E-state index in [9.17, 15) is 26.0 Å². The van der Waals surface area contributed by atoms with Crippen LogP contribution in [-0.4, -0.2) is 42.7 Å². The fourth-order valence-electron chi connectivity index (χ4n) is 2.88. The quantitative estimate of drug-likeness (QED) is 0.579. The SMILES string of the molecule is CC1(C)CC(S(=O)(=O)Cc2noc3cc(F)c(NC4OC4C(F)(F)F)cc23)=NO1. The fourth-order valence-corrected chi connectivity index (χ4v) is 4.33. The monoisotopic (exact) mass is 437 g/mol. The number of nitrogens with one attached hydrogen (secondary N) is 1. The minimum absolute atomic E-state index is 0.0282. The highest BCUT2D eigenvalue weighted by Crippen LogP contribution is 2.39. The summed E-state index contributed by atoms with van der Waals surface area (Å²) in [6, 6.07) is 2.04. The number of fused-ring (bicyclic) bond motifs is 1. The van der Waals surface area contributed by atoms with Gasteiger partial charge in [-0.25, -0.2) is 12.8 Å². The Morgan fingerprint density at radius 3 is 2.62 bits per heavy atom. The third kappa shape index (κ3) is 3.88. The molecule has 0 spiro atoms. The Morgan fingerprint density at radius 1 is 1.31 bits per heavy atom. The number of oxime groups is 1. The van der Waals surface area contributed by atoms with Crippen molar-refractivity contribution in [2.45, 2.75) is 50.1 Å². The number of alkyl halides is 3. The Labute approximate surface area is 161 Å². The molecule has 2 atom stereocenters. The molecule has 0 aliphatic carbocycles. The summed E-state index contributed by atoms with van der Waals surface area (Å²) in [5.74, 6) is -1.48. The Kier molecular flexibility index (Phi) is 4.31. The highest BCUT2D eigenvalue weighted by atomic mass is 32.2. The molecule has 8 nitrogen and oxygen atoms in total. The molecule has 29 heavy (non-hydrogen) atoms. The lowest BCUT2D eigenvalue weighted by atomic mass is 10.1. The van der Waals surface area contributed by atoms with E-state index in [1.54, 1.807) is 13.8 Å². The maximum Gasteiger partial charge on any atom is 0.419 e. The van der Waals surface area contributed by atoms with Gasteiger partial charge in [0.15, 0.2) is 23.0 Å². The van der Waals surface area contributed by atoms with Gasteiger partial charge < -0.3 is 19.4 Å². The Hall–Kier alpha value is -2.41. The van der Waals surface area contributed by atoms with E-state index in [0.29, 0.717) is 0 Å². The number of nitrogens with zero attached hydrogens (tertiary/aromatic N) is 2. The number of hydrogen-bond acceptors (Lipinski definition) is 8.